The molecule has 2 fully saturated rings. The van der Waals surface area contributed by atoms with Crippen LogP contribution >= 0.6 is 0 Å². The highest BCUT2D eigenvalue weighted by Crippen LogP contribution is 2.09. The van der Waals surface area contributed by atoms with Crippen LogP contribution in [-0.2, 0) is 6.42 Å². The summed E-state index contributed by atoms with van der Waals surface area (Å²) in [4.78, 5) is 13.1. The maximum absolute atomic E-state index is 5.32. The number of aromatic nitrogens is 2. The van der Waals surface area contributed by atoms with E-state index in [1.54, 1.807) is 6.20 Å². The van der Waals surface area contributed by atoms with Crippen molar-refractivity contribution in [2.45, 2.75) is 25.3 Å². The van der Waals surface area contributed by atoms with Gasteiger partial charge in [0.2, 0.25) is 0 Å². The summed E-state index contributed by atoms with van der Waals surface area (Å²) in [5.41, 5.74) is 6.39. The molecule has 4 N–H and O–H groups in total. The first-order valence-corrected chi connectivity index (χ1v) is 11.1. The molecule has 4 heterocycles. The lowest BCUT2D eigenvalue weighted by atomic mass is 10.1. The molecule has 0 unspecified atom stereocenters. The second-order valence-corrected chi connectivity index (χ2v) is 7.65. The van der Waals surface area contributed by atoms with Gasteiger partial charge in [0.05, 0.1) is 0 Å². The fraction of sp³-hybridized carbons (Fsp3) is 0.565. The van der Waals surface area contributed by atoms with Crippen molar-refractivity contribution in [2.75, 3.05) is 64.8 Å². The molecule has 0 radical (unpaired) electrons. The van der Waals surface area contributed by atoms with Crippen LogP contribution in [0.25, 0.3) is 0 Å². The average Bonchev–Trinajstić information content (AvgIpc) is 2.83. The molecule has 2 aromatic heterocycles. The van der Waals surface area contributed by atoms with Crippen molar-refractivity contribution in [3.05, 3.63) is 54.5 Å². The van der Waals surface area contributed by atoms with Crippen molar-refractivity contribution in [2.24, 2.45) is 5.73 Å². The van der Waals surface area contributed by atoms with Gasteiger partial charge in [0, 0.05) is 56.7 Å². The van der Waals surface area contributed by atoms with Crippen molar-refractivity contribution in [1.82, 2.24) is 25.5 Å². The van der Waals surface area contributed by atoms with Crippen molar-refractivity contribution < 1.29 is 0 Å². The van der Waals surface area contributed by atoms with Gasteiger partial charge in [-0.25, -0.2) is 4.98 Å². The molecule has 7 nitrogen and oxygen atoms in total. The second-order valence-electron chi connectivity index (χ2n) is 7.65. The van der Waals surface area contributed by atoms with Crippen molar-refractivity contribution in [3.63, 3.8) is 0 Å². The number of rotatable bonds is 4. The summed E-state index contributed by atoms with van der Waals surface area (Å²) < 4.78 is 0. The van der Waals surface area contributed by atoms with Crippen LogP contribution in [0, 0.1) is 0 Å². The summed E-state index contributed by atoms with van der Waals surface area (Å²) in [6, 6.07) is 12.7. The van der Waals surface area contributed by atoms with E-state index in [9.17, 15) is 0 Å². The number of hydrogen-bond acceptors (Lipinski definition) is 7. The molecule has 2 aromatic rings. The fourth-order valence-electron chi connectivity index (χ4n) is 3.43. The van der Waals surface area contributed by atoms with E-state index in [4.69, 9.17) is 5.73 Å². The molecule has 4 rings (SSSR count). The first kappa shape index (κ1) is 24.2. The zero-order valence-electron chi connectivity index (χ0n) is 18.6. The highest BCUT2D eigenvalue weighted by atomic mass is 15.2. The Morgan fingerprint density at radius 2 is 1.67 bits per heavy atom. The average molecular weight is 414 g/mol. The number of anilines is 1. The molecule has 0 amide bonds. The molecule has 2 aliphatic heterocycles. The molecule has 7 heteroatoms. The van der Waals surface area contributed by atoms with E-state index in [-0.39, 0.29) is 0 Å². The van der Waals surface area contributed by atoms with Crippen LogP contribution in [-0.4, -0.2) is 80.8 Å². The third-order valence-corrected chi connectivity index (χ3v) is 5.34. The SMILES string of the molecule is CNC1CCN(C)CC1.NCCc1ccccn1.c1ccc(N2CCNCC2)nc1. The summed E-state index contributed by atoms with van der Waals surface area (Å²) in [5.74, 6) is 1.10. The molecule has 30 heavy (non-hydrogen) atoms. The number of piperidine rings is 1. The molecule has 166 valence electrons. The number of piperazine rings is 1. The van der Waals surface area contributed by atoms with Gasteiger partial charge in [0.25, 0.3) is 0 Å². The lowest BCUT2D eigenvalue weighted by Gasteiger charge is -2.28. The molecule has 0 aromatic carbocycles. The summed E-state index contributed by atoms with van der Waals surface area (Å²) in [7, 11) is 4.24. The van der Waals surface area contributed by atoms with Gasteiger partial charge >= 0.3 is 0 Å². The third-order valence-electron chi connectivity index (χ3n) is 5.34. The van der Waals surface area contributed by atoms with E-state index in [2.05, 4.69) is 50.6 Å². The van der Waals surface area contributed by atoms with Crippen LogP contribution in [0.1, 0.15) is 18.5 Å². The monoisotopic (exact) mass is 413 g/mol. The summed E-state index contributed by atoms with van der Waals surface area (Å²) >= 11 is 0. The van der Waals surface area contributed by atoms with Crippen LogP contribution in [0.2, 0.25) is 0 Å². The zero-order chi connectivity index (χ0) is 21.4. The number of hydrogen-bond donors (Lipinski definition) is 3. The summed E-state index contributed by atoms with van der Waals surface area (Å²) in [5, 5.41) is 6.61. The van der Waals surface area contributed by atoms with Crippen molar-refractivity contribution in [3.8, 4) is 0 Å². The van der Waals surface area contributed by atoms with E-state index in [1.165, 1.54) is 25.9 Å². The lowest BCUT2D eigenvalue weighted by molar-refractivity contribution is 0.240. The standard InChI is InChI=1S/C9H13N3.C7H16N2.C7H10N2/c1-2-4-11-9(3-1)12-7-5-10-6-8-12;1-8-7-3-5-9(2)6-4-7;8-5-4-7-3-1-2-6-9-7/h1-4,10H,5-8H2;7-8H,3-6H2,1-2H3;1-3,6H,4-5,8H2. The predicted octanol–water partition coefficient (Wildman–Crippen LogP) is 1.37. The largest absolute Gasteiger partial charge is 0.354 e. The van der Waals surface area contributed by atoms with E-state index in [0.717, 1.165) is 50.2 Å². The van der Waals surface area contributed by atoms with Gasteiger partial charge in [-0.1, -0.05) is 12.1 Å². The molecule has 2 saturated heterocycles. The highest BCUT2D eigenvalue weighted by Gasteiger charge is 2.13. The molecular weight excluding hydrogens is 374 g/mol. The molecule has 0 saturated carbocycles. The summed E-state index contributed by atoms with van der Waals surface area (Å²) in [6.45, 7) is 7.45. The quantitative estimate of drug-likeness (QED) is 0.698. The van der Waals surface area contributed by atoms with Gasteiger partial charge < -0.3 is 26.2 Å². The Morgan fingerprint density at radius 3 is 2.20 bits per heavy atom. The zero-order valence-corrected chi connectivity index (χ0v) is 18.6. The van der Waals surface area contributed by atoms with E-state index in [0.29, 0.717) is 6.54 Å². The van der Waals surface area contributed by atoms with Gasteiger partial charge in [-0.3, -0.25) is 4.98 Å². The predicted molar refractivity (Wildman–Crippen MR) is 126 cm³/mol. The number of nitrogens with zero attached hydrogens (tertiary/aromatic N) is 4. The van der Waals surface area contributed by atoms with E-state index in [1.807, 2.05) is 36.5 Å². The van der Waals surface area contributed by atoms with Crippen LogP contribution in [0.5, 0.6) is 0 Å². The van der Waals surface area contributed by atoms with Crippen LogP contribution < -0.4 is 21.3 Å². The van der Waals surface area contributed by atoms with Crippen molar-refractivity contribution in [1.29, 1.82) is 0 Å². The Kier molecular flexibility index (Phi) is 12.0. The van der Waals surface area contributed by atoms with Gasteiger partial charge in [0.15, 0.2) is 0 Å². The van der Waals surface area contributed by atoms with Gasteiger partial charge in [-0.2, -0.15) is 0 Å². The third kappa shape index (κ3) is 9.63. The van der Waals surface area contributed by atoms with E-state index >= 15 is 0 Å². The summed E-state index contributed by atoms with van der Waals surface area (Å²) in [6.07, 6.45) is 7.13. The van der Waals surface area contributed by atoms with Gasteiger partial charge in [-0.15, -0.1) is 0 Å². The first-order chi connectivity index (χ1) is 14.7. The minimum absolute atomic E-state index is 0.678. The Bertz CT molecular complexity index is 639. The van der Waals surface area contributed by atoms with Crippen molar-refractivity contribution >= 4 is 5.82 Å². The Hall–Kier alpha value is -2.06. The minimum atomic E-state index is 0.678. The fourth-order valence-corrected chi connectivity index (χ4v) is 3.43. The first-order valence-electron chi connectivity index (χ1n) is 11.1. The molecule has 0 spiro atoms. The van der Waals surface area contributed by atoms with Gasteiger partial charge in [-0.05, 0) is 70.8 Å². The van der Waals surface area contributed by atoms with Crippen LogP contribution in [0.4, 0.5) is 5.82 Å². The molecular formula is C23H39N7. The topological polar surface area (TPSA) is 82.3 Å². The van der Waals surface area contributed by atoms with E-state index < -0.39 is 0 Å². The highest BCUT2D eigenvalue weighted by molar-refractivity contribution is 5.38. The molecule has 0 bridgehead atoms. The molecule has 0 aliphatic carbocycles. The smallest absolute Gasteiger partial charge is 0.128 e. The normalized spacial score (nSPS) is 17.4. The molecule has 0 atom stereocenters. The van der Waals surface area contributed by atoms with Crippen LogP contribution in [0.3, 0.4) is 0 Å². The lowest BCUT2D eigenvalue weighted by Crippen LogP contribution is -2.43. The van der Waals surface area contributed by atoms with Gasteiger partial charge in [0.1, 0.15) is 5.82 Å². The maximum Gasteiger partial charge on any atom is 0.128 e. The van der Waals surface area contributed by atoms with Crippen LogP contribution in [0.15, 0.2) is 48.8 Å². The second kappa shape index (κ2) is 14.8. The maximum atomic E-state index is 5.32. The Balaban J connectivity index is 0.000000163. The molecule has 2 aliphatic rings. The number of pyridine rings is 2. The number of nitrogens with two attached hydrogens (primary N) is 1. The Morgan fingerprint density at radius 1 is 1.00 bits per heavy atom. The number of likely N-dealkylation sites (tertiary alicyclic amines) is 1. The Labute approximate surface area is 182 Å². The minimum Gasteiger partial charge on any atom is -0.354 e. The number of nitrogens with one attached hydrogen (secondary N) is 2.